The highest BCUT2D eigenvalue weighted by molar-refractivity contribution is 8.00. The third-order valence-electron chi connectivity index (χ3n) is 4.41. The lowest BCUT2D eigenvalue weighted by molar-refractivity contribution is -0.137. The monoisotopic (exact) mass is 454 g/mol. The van der Waals surface area contributed by atoms with Crippen molar-refractivity contribution in [3.8, 4) is 11.4 Å². The molecule has 1 amide bonds. The minimum atomic E-state index is -4.61. The predicted molar refractivity (Wildman–Crippen MR) is 112 cm³/mol. The molecule has 0 radical (unpaired) electrons. The fourth-order valence-corrected chi connectivity index (χ4v) is 3.79. The van der Waals surface area contributed by atoms with E-state index in [1.807, 2.05) is 31.2 Å². The molecule has 1 unspecified atom stereocenters. The molecule has 0 aliphatic rings. The van der Waals surface area contributed by atoms with Crippen LogP contribution in [0.1, 0.15) is 18.1 Å². The van der Waals surface area contributed by atoms with Gasteiger partial charge >= 0.3 is 6.18 Å². The van der Waals surface area contributed by atoms with E-state index in [-0.39, 0.29) is 5.69 Å². The molecule has 0 fully saturated rings. The van der Waals surface area contributed by atoms with Crippen LogP contribution in [-0.2, 0) is 18.0 Å². The summed E-state index contributed by atoms with van der Waals surface area (Å²) >= 11 is 6.77. The Labute approximate surface area is 180 Å². The van der Waals surface area contributed by atoms with Crippen LogP contribution in [0.5, 0.6) is 0 Å². The first-order valence-corrected chi connectivity index (χ1v) is 10.1. The van der Waals surface area contributed by atoms with Gasteiger partial charge in [-0.25, -0.2) is 0 Å². The third kappa shape index (κ3) is 4.79. The number of rotatable bonds is 5. The molecular weight excluding hydrogens is 437 g/mol. The van der Waals surface area contributed by atoms with Crippen molar-refractivity contribution in [3.05, 3.63) is 58.6 Å². The summed E-state index contributed by atoms with van der Waals surface area (Å²) in [6.07, 6.45) is -4.61. The van der Waals surface area contributed by atoms with Crippen molar-refractivity contribution >= 4 is 35.0 Å². The van der Waals surface area contributed by atoms with Gasteiger partial charge in [0.1, 0.15) is 0 Å². The summed E-state index contributed by atoms with van der Waals surface area (Å²) in [5.41, 5.74) is 0.983. The Morgan fingerprint density at radius 1 is 1.20 bits per heavy atom. The van der Waals surface area contributed by atoms with Gasteiger partial charge in [0.05, 0.1) is 15.8 Å². The average molecular weight is 455 g/mol. The number of thioether (sulfide) groups is 1. The molecule has 0 saturated carbocycles. The minimum absolute atomic E-state index is 0.0164. The number of benzene rings is 2. The Hall–Kier alpha value is -2.52. The number of amides is 1. The SMILES string of the molecule is Cc1ccccc1-c1nnc(SC(C)C(=O)Nc2ccc(Cl)c(C(F)(F)F)c2)n1C. The van der Waals surface area contributed by atoms with Crippen molar-refractivity contribution in [1.82, 2.24) is 14.8 Å². The molecule has 0 aliphatic carbocycles. The van der Waals surface area contributed by atoms with Crippen molar-refractivity contribution in [2.75, 3.05) is 5.32 Å². The van der Waals surface area contributed by atoms with Gasteiger partial charge in [-0.3, -0.25) is 4.79 Å². The number of nitrogens with one attached hydrogen (secondary N) is 1. The quantitative estimate of drug-likeness (QED) is 0.511. The number of nitrogens with zero attached hydrogens (tertiary/aromatic N) is 3. The van der Waals surface area contributed by atoms with Crippen molar-refractivity contribution in [2.24, 2.45) is 7.05 Å². The first kappa shape index (κ1) is 22.2. The van der Waals surface area contributed by atoms with Crippen molar-refractivity contribution in [3.63, 3.8) is 0 Å². The van der Waals surface area contributed by atoms with E-state index in [4.69, 9.17) is 11.6 Å². The maximum atomic E-state index is 13.0. The zero-order chi connectivity index (χ0) is 22.1. The summed E-state index contributed by atoms with van der Waals surface area (Å²) < 4.78 is 40.8. The minimum Gasteiger partial charge on any atom is -0.325 e. The fourth-order valence-electron chi connectivity index (χ4n) is 2.75. The highest BCUT2D eigenvalue weighted by Crippen LogP contribution is 2.36. The summed E-state index contributed by atoms with van der Waals surface area (Å²) in [4.78, 5) is 12.5. The average Bonchev–Trinajstić information content (AvgIpc) is 3.03. The van der Waals surface area contributed by atoms with Crippen molar-refractivity contribution in [1.29, 1.82) is 0 Å². The second kappa shape index (κ2) is 8.69. The summed E-state index contributed by atoms with van der Waals surface area (Å²) in [7, 11) is 1.80. The highest BCUT2D eigenvalue weighted by atomic mass is 35.5. The molecule has 0 bridgehead atoms. The molecule has 0 saturated heterocycles. The normalized spacial score (nSPS) is 12.6. The van der Waals surface area contributed by atoms with Crippen LogP contribution in [0.4, 0.5) is 18.9 Å². The van der Waals surface area contributed by atoms with Crippen molar-refractivity contribution < 1.29 is 18.0 Å². The summed E-state index contributed by atoms with van der Waals surface area (Å²) in [5.74, 6) is 0.201. The number of hydrogen-bond donors (Lipinski definition) is 1. The molecule has 2 aromatic carbocycles. The van der Waals surface area contributed by atoms with Gasteiger partial charge in [-0.1, -0.05) is 47.6 Å². The zero-order valence-electron chi connectivity index (χ0n) is 16.3. The van der Waals surface area contributed by atoms with Crippen LogP contribution in [0.15, 0.2) is 47.6 Å². The number of aromatic nitrogens is 3. The van der Waals surface area contributed by atoms with Crippen LogP contribution in [0, 0.1) is 6.92 Å². The first-order valence-electron chi connectivity index (χ1n) is 8.87. The maximum Gasteiger partial charge on any atom is 0.417 e. The molecule has 1 heterocycles. The van der Waals surface area contributed by atoms with E-state index in [0.29, 0.717) is 11.0 Å². The number of carbonyl (C=O) groups is 1. The molecular formula is C20H18ClF3N4OS. The van der Waals surface area contributed by atoms with Crippen LogP contribution < -0.4 is 5.32 Å². The Balaban J connectivity index is 1.74. The third-order valence-corrected chi connectivity index (χ3v) is 5.88. The van der Waals surface area contributed by atoms with Crippen LogP contribution in [0.2, 0.25) is 5.02 Å². The highest BCUT2D eigenvalue weighted by Gasteiger charge is 2.33. The molecule has 1 atom stereocenters. The second-order valence-corrected chi connectivity index (χ2v) is 8.34. The van der Waals surface area contributed by atoms with Gasteiger partial charge in [0.2, 0.25) is 5.91 Å². The van der Waals surface area contributed by atoms with Gasteiger partial charge in [0.25, 0.3) is 0 Å². The van der Waals surface area contributed by atoms with E-state index in [2.05, 4.69) is 15.5 Å². The van der Waals surface area contributed by atoms with Gasteiger partial charge in [-0.05, 0) is 37.6 Å². The molecule has 0 aliphatic heterocycles. The van der Waals surface area contributed by atoms with Gasteiger partial charge in [0, 0.05) is 18.3 Å². The Morgan fingerprint density at radius 3 is 2.57 bits per heavy atom. The molecule has 0 spiro atoms. The number of aryl methyl sites for hydroxylation is 1. The number of hydrogen-bond acceptors (Lipinski definition) is 4. The lowest BCUT2D eigenvalue weighted by Crippen LogP contribution is -2.23. The summed E-state index contributed by atoms with van der Waals surface area (Å²) in [5, 5.41) is 10.3. The van der Waals surface area contributed by atoms with Crippen LogP contribution in [-0.4, -0.2) is 25.9 Å². The maximum absolute atomic E-state index is 13.0. The number of alkyl halides is 3. The topological polar surface area (TPSA) is 59.8 Å². The van der Waals surface area contributed by atoms with Crippen LogP contribution in [0.25, 0.3) is 11.4 Å². The van der Waals surface area contributed by atoms with Gasteiger partial charge in [-0.2, -0.15) is 13.2 Å². The Kier molecular flexibility index (Phi) is 6.42. The molecule has 3 rings (SSSR count). The first-order chi connectivity index (χ1) is 14.1. The zero-order valence-corrected chi connectivity index (χ0v) is 17.9. The van der Waals surface area contributed by atoms with Gasteiger partial charge in [0.15, 0.2) is 11.0 Å². The smallest absolute Gasteiger partial charge is 0.325 e. The molecule has 3 aromatic rings. The largest absolute Gasteiger partial charge is 0.417 e. The molecule has 10 heteroatoms. The summed E-state index contributed by atoms with van der Waals surface area (Å²) in [6.45, 7) is 3.61. The van der Waals surface area contributed by atoms with E-state index in [0.717, 1.165) is 35.0 Å². The fraction of sp³-hybridized carbons (Fsp3) is 0.250. The van der Waals surface area contributed by atoms with Crippen LogP contribution >= 0.6 is 23.4 Å². The molecule has 5 nitrogen and oxygen atoms in total. The standard InChI is InChI=1S/C20H18ClF3N4OS/c1-11-6-4-5-7-14(11)17-26-27-19(28(17)3)30-12(2)18(29)25-13-8-9-16(21)15(10-13)20(22,23)24/h4-10,12H,1-3H3,(H,25,29). The van der Waals surface area contributed by atoms with E-state index in [1.165, 1.54) is 6.07 Å². The number of anilines is 1. The summed E-state index contributed by atoms with van der Waals surface area (Å²) in [6, 6.07) is 11.0. The second-order valence-electron chi connectivity index (χ2n) is 6.62. The van der Waals surface area contributed by atoms with E-state index >= 15 is 0 Å². The molecule has 1 aromatic heterocycles. The molecule has 158 valence electrons. The lowest BCUT2D eigenvalue weighted by atomic mass is 10.1. The van der Waals surface area contributed by atoms with Crippen molar-refractivity contribution in [2.45, 2.75) is 30.4 Å². The van der Waals surface area contributed by atoms with E-state index in [9.17, 15) is 18.0 Å². The van der Waals surface area contributed by atoms with E-state index < -0.39 is 27.9 Å². The predicted octanol–water partition coefficient (Wildman–Crippen LogP) is 5.58. The van der Waals surface area contributed by atoms with Crippen LogP contribution in [0.3, 0.4) is 0 Å². The molecule has 30 heavy (non-hydrogen) atoms. The number of halogens is 4. The van der Waals surface area contributed by atoms with Gasteiger partial charge < -0.3 is 9.88 Å². The van der Waals surface area contributed by atoms with E-state index in [1.54, 1.807) is 18.5 Å². The Bertz CT molecular complexity index is 1080. The molecule has 1 N–H and O–H groups in total. The number of carbonyl (C=O) groups excluding carboxylic acids is 1. The Morgan fingerprint density at radius 2 is 1.90 bits per heavy atom. The van der Waals surface area contributed by atoms with Gasteiger partial charge in [-0.15, -0.1) is 10.2 Å². The lowest BCUT2D eigenvalue weighted by Gasteiger charge is -2.14.